The number of aliphatic hydroxyl groups excluding tert-OH is 1. The molecule has 2 rings (SSSR count). The van der Waals surface area contributed by atoms with Crippen LogP contribution in [0.4, 0.5) is 0 Å². The largest absolute Gasteiger partial charge is 0.396 e. The Morgan fingerprint density at radius 3 is 2.50 bits per heavy atom. The van der Waals surface area contributed by atoms with E-state index < -0.39 is 0 Å². The van der Waals surface area contributed by atoms with Gasteiger partial charge in [0.05, 0.1) is 0 Å². The summed E-state index contributed by atoms with van der Waals surface area (Å²) in [5.74, 6) is 0.495. The van der Waals surface area contributed by atoms with Crippen LogP contribution >= 0.6 is 0 Å². The Bertz CT molecular complexity index is 320. The average Bonchev–Trinajstić information content (AvgIpc) is 2.78. The summed E-state index contributed by atoms with van der Waals surface area (Å²) in [6, 6.07) is 8.89. The third kappa shape index (κ3) is 2.83. The average molecular weight is 219 g/mol. The lowest BCUT2D eigenvalue weighted by molar-refractivity contribution is 0.220. The van der Waals surface area contributed by atoms with Crippen LogP contribution < -0.4 is 0 Å². The van der Waals surface area contributed by atoms with E-state index in [2.05, 4.69) is 36.1 Å². The van der Waals surface area contributed by atoms with E-state index in [0.717, 1.165) is 32.5 Å². The predicted molar refractivity (Wildman–Crippen MR) is 66.3 cm³/mol. The lowest BCUT2D eigenvalue weighted by atomic mass is 10.1. The lowest BCUT2D eigenvalue weighted by Crippen LogP contribution is -2.20. The fraction of sp³-hybridized carbons (Fsp3) is 0.571. The van der Waals surface area contributed by atoms with Crippen LogP contribution in [0, 0.1) is 5.92 Å². The second-order valence-electron chi connectivity index (χ2n) is 4.74. The minimum Gasteiger partial charge on any atom is -0.396 e. The molecule has 0 aliphatic carbocycles. The molecule has 1 atom stereocenters. The van der Waals surface area contributed by atoms with Crippen molar-refractivity contribution in [1.29, 1.82) is 0 Å². The minimum atomic E-state index is 0.339. The van der Waals surface area contributed by atoms with Crippen LogP contribution in [0.1, 0.15) is 24.5 Å². The Hall–Kier alpha value is -0.860. The zero-order chi connectivity index (χ0) is 11.4. The van der Waals surface area contributed by atoms with Gasteiger partial charge in [0.2, 0.25) is 0 Å². The Balaban J connectivity index is 1.89. The summed E-state index contributed by atoms with van der Waals surface area (Å²) in [4.78, 5) is 2.43. The maximum absolute atomic E-state index is 9.09. The van der Waals surface area contributed by atoms with Crippen molar-refractivity contribution >= 4 is 0 Å². The number of benzene rings is 1. The zero-order valence-corrected chi connectivity index (χ0v) is 10.0. The van der Waals surface area contributed by atoms with Crippen molar-refractivity contribution < 1.29 is 5.11 Å². The highest BCUT2D eigenvalue weighted by molar-refractivity contribution is 5.22. The van der Waals surface area contributed by atoms with Crippen molar-refractivity contribution in [2.45, 2.75) is 26.3 Å². The summed E-state index contributed by atoms with van der Waals surface area (Å²) >= 11 is 0. The van der Waals surface area contributed by atoms with Gasteiger partial charge in [-0.15, -0.1) is 0 Å². The molecule has 1 N–H and O–H groups in total. The molecule has 16 heavy (non-hydrogen) atoms. The molecule has 88 valence electrons. The van der Waals surface area contributed by atoms with E-state index in [1.165, 1.54) is 11.1 Å². The van der Waals surface area contributed by atoms with Crippen molar-refractivity contribution in [3.8, 4) is 0 Å². The van der Waals surface area contributed by atoms with Gasteiger partial charge >= 0.3 is 0 Å². The SMILES string of the molecule is CCc1ccc(CN2CC[C@H](CO)C2)cc1. The summed E-state index contributed by atoms with van der Waals surface area (Å²) in [6.07, 6.45) is 2.25. The number of aryl methyl sites for hydroxylation is 1. The topological polar surface area (TPSA) is 23.5 Å². The summed E-state index contributed by atoms with van der Waals surface area (Å²) < 4.78 is 0. The maximum atomic E-state index is 9.09. The Morgan fingerprint density at radius 2 is 1.94 bits per heavy atom. The van der Waals surface area contributed by atoms with Crippen LogP contribution in [-0.2, 0) is 13.0 Å². The van der Waals surface area contributed by atoms with E-state index in [0.29, 0.717) is 12.5 Å². The molecule has 0 amide bonds. The maximum Gasteiger partial charge on any atom is 0.0471 e. The third-order valence-corrected chi connectivity index (χ3v) is 3.47. The molecule has 0 radical (unpaired) electrons. The molecule has 1 aromatic rings. The molecule has 1 fully saturated rings. The number of hydrogen-bond donors (Lipinski definition) is 1. The van der Waals surface area contributed by atoms with Gasteiger partial charge in [-0.2, -0.15) is 0 Å². The lowest BCUT2D eigenvalue weighted by Gasteiger charge is -2.15. The zero-order valence-electron chi connectivity index (χ0n) is 10.0. The molecule has 1 aliphatic heterocycles. The molecule has 2 nitrogen and oxygen atoms in total. The summed E-state index contributed by atoms with van der Waals surface area (Å²) in [5.41, 5.74) is 2.79. The quantitative estimate of drug-likeness (QED) is 0.838. The first-order valence-electron chi connectivity index (χ1n) is 6.23. The summed E-state index contributed by atoms with van der Waals surface area (Å²) in [6.45, 7) is 5.72. The molecule has 0 spiro atoms. The number of aliphatic hydroxyl groups is 1. The van der Waals surface area contributed by atoms with E-state index in [1.54, 1.807) is 0 Å². The molecule has 0 aromatic heterocycles. The Morgan fingerprint density at radius 1 is 1.25 bits per heavy atom. The molecular weight excluding hydrogens is 198 g/mol. The van der Waals surface area contributed by atoms with Gasteiger partial charge in [-0.05, 0) is 36.4 Å². The molecular formula is C14H21NO. The van der Waals surface area contributed by atoms with Crippen LogP contribution in [-0.4, -0.2) is 29.7 Å². The number of rotatable bonds is 4. The molecule has 1 saturated heterocycles. The smallest absolute Gasteiger partial charge is 0.0471 e. The van der Waals surface area contributed by atoms with E-state index >= 15 is 0 Å². The van der Waals surface area contributed by atoms with Crippen molar-refractivity contribution in [3.63, 3.8) is 0 Å². The second kappa shape index (κ2) is 5.46. The molecule has 0 saturated carbocycles. The van der Waals surface area contributed by atoms with Crippen molar-refractivity contribution in [3.05, 3.63) is 35.4 Å². The van der Waals surface area contributed by atoms with Gasteiger partial charge < -0.3 is 5.11 Å². The molecule has 1 heterocycles. The molecule has 2 heteroatoms. The van der Waals surface area contributed by atoms with Crippen LogP contribution in [0.2, 0.25) is 0 Å². The van der Waals surface area contributed by atoms with Crippen LogP contribution in [0.25, 0.3) is 0 Å². The number of likely N-dealkylation sites (tertiary alicyclic amines) is 1. The summed E-state index contributed by atoms with van der Waals surface area (Å²) in [5, 5.41) is 9.09. The highest BCUT2D eigenvalue weighted by Gasteiger charge is 2.21. The fourth-order valence-corrected chi connectivity index (χ4v) is 2.34. The first kappa shape index (κ1) is 11.6. The number of nitrogens with zero attached hydrogens (tertiary/aromatic N) is 1. The van der Waals surface area contributed by atoms with Gasteiger partial charge in [0.1, 0.15) is 0 Å². The van der Waals surface area contributed by atoms with E-state index in [4.69, 9.17) is 5.11 Å². The van der Waals surface area contributed by atoms with Crippen molar-refractivity contribution in [2.75, 3.05) is 19.7 Å². The van der Waals surface area contributed by atoms with Crippen LogP contribution in [0.15, 0.2) is 24.3 Å². The summed E-state index contributed by atoms with van der Waals surface area (Å²) in [7, 11) is 0. The highest BCUT2D eigenvalue weighted by atomic mass is 16.3. The normalized spacial score (nSPS) is 21.5. The first-order valence-corrected chi connectivity index (χ1v) is 6.23. The minimum absolute atomic E-state index is 0.339. The predicted octanol–water partition coefficient (Wildman–Crippen LogP) is 2.06. The standard InChI is InChI=1S/C14H21NO/c1-2-12-3-5-13(6-4-12)9-15-8-7-14(10-15)11-16/h3-6,14,16H,2,7-11H2,1H3/t14-/m0/s1. The van der Waals surface area contributed by atoms with Crippen LogP contribution in [0.3, 0.4) is 0 Å². The van der Waals surface area contributed by atoms with Gasteiger partial charge in [0.25, 0.3) is 0 Å². The Kier molecular flexibility index (Phi) is 3.97. The van der Waals surface area contributed by atoms with E-state index in [1.807, 2.05) is 0 Å². The highest BCUT2D eigenvalue weighted by Crippen LogP contribution is 2.18. The molecule has 0 unspecified atom stereocenters. The fourth-order valence-electron chi connectivity index (χ4n) is 2.34. The van der Waals surface area contributed by atoms with E-state index in [9.17, 15) is 0 Å². The van der Waals surface area contributed by atoms with Gasteiger partial charge in [0, 0.05) is 19.7 Å². The molecule has 0 bridgehead atoms. The van der Waals surface area contributed by atoms with Gasteiger partial charge in [0.15, 0.2) is 0 Å². The second-order valence-corrected chi connectivity index (χ2v) is 4.74. The Labute approximate surface area is 97.9 Å². The monoisotopic (exact) mass is 219 g/mol. The molecule has 1 aromatic carbocycles. The van der Waals surface area contributed by atoms with E-state index in [-0.39, 0.29) is 0 Å². The van der Waals surface area contributed by atoms with Gasteiger partial charge in [-0.1, -0.05) is 31.2 Å². The van der Waals surface area contributed by atoms with Crippen LogP contribution in [0.5, 0.6) is 0 Å². The molecule has 1 aliphatic rings. The number of hydrogen-bond acceptors (Lipinski definition) is 2. The van der Waals surface area contributed by atoms with Gasteiger partial charge in [-0.3, -0.25) is 4.90 Å². The first-order chi connectivity index (χ1) is 7.81. The van der Waals surface area contributed by atoms with Gasteiger partial charge in [-0.25, -0.2) is 0 Å². The third-order valence-electron chi connectivity index (χ3n) is 3.47. The van der Waals surface area contributed by atoms with Crippen molar-refractivity contribution in [2.24, 2.45) is 5.92 Å². The van der Waals surface area contributed by atoms with Crippen molar-refractivity contribution in [1.82, 2.24) is 4.90 Å².